The first-order valence-corrected chi connectivity index (χ1v) is 7.45. The second-order valence-electron chi connectivity index (χ2n) is 4.70. The highest BCUT2D eigenvalue weighted by molar-refractivity contribution is 7.99. The second-order valence-corrected chi connectivity index (χ2v) is 5.81. The van der Waals surface area contributed by atoms with E-state index >= 15 is 0 Å². The van der Waals surface area contributed by atoms with Crippen LogP contribution in [-0.4, -0.2) is 47.6 Å². The minimum absolute atomic E-state index is 0.562. The number of aliphatic hydroxyl groups is 1. The zero-order chi connectivity index (χ0) is 12.7. The summed E-state index contributed by atoms with van der Waals surface area (Å²) in [5.41, 5.74) is -0.562. The Hall–Kier alpha value is -0.620. The van der Waals surface area contributed by atoms with Crippen molar-refractivity contribution in [3.63, 3.8) is 0 Å². The van der Waals surface area contributed by atoms with Crippen molar-refractivity contribution in [3.8, 4) is 0 Å². The molecular formula is C13H21N3OS. The lowest BCUT2D eigenvalue weighted by Gasteiger charge is -2.32. The van der Waals surface area contributed by atoms with Crippen molar-refractivity contribution in [2.75, 3.05) is 31.9 Å². The van der Waals surface area contributed by atoms with Gasteiger partial charge in [0.1, 0.15) is 0 Å². The van der Waals surface area contributed by atoms with Crippen LogP contribution in [0.3, 0.4) is 0 Å². The maximum atomic E-state index is 10.2. The van der Waals surface area contributed by atoms with Gasteiger partial charge in [-0.1, -0.05) is 6.07 Å². The monoisotopic (exact) mass is 267 g/mol. The van der Waals surface area contributed by atoms with E-state index in [9.17, 15) is 5.11 Å². The summed E-state index contributed by atoms with van der Waals surface area (Å²) < 4.78 is 0. The number of aromatic nitrogens is 1. The van der Waals surface area contributed by atoms with Gasteiger partial charge >= 0.3 is 0 Å². The molecule has 0 spiro atoms. The van der Waals surface area contributed by atoms with Crippen molar-refractivity contribution in [3.05, 3.63) is 24.4 Å². The van der Waals surface area contributed by atoms with E-state index in [0.29, 0.717) is 13.1 Å². The average Bonchev–Trinajstić information content (AvgIpc) is 2.40. The number of thioether (sulfide) groups is 1. The first-order chi connectivity index (χ1) is 8.79. The zero-order valence-electron chi connectivity index (χ0n) is 10.6. The summed E-state index contributed by atoms with van der Waals surface area (Å²) in [5.74, 6) is 0.973. The summed E-state index contributed by atoms with van der Waals surface area (Å²) in [7, 11) is 0. The van der Waals surface area contributed by atoms with Crippen molar-refractivity contribution < 1.29 is 5.11 Å². The van der Waals surface area contributed by atoms with Crippen LogP contribution in [0.4, 0.5) is 0 Å². The van der Waals surface area contributed by atoms with Crippen molar-refractivity contribution in [2.24, 2.45) is 0 Å². The number of β-amino-alcohol motifs (C(OH)–C–C–N with tert-alkyl or cyclic N) is 1. The number of hydrogen-bond donors (Lipinski definition) is 3. The predicted octanol–water partition coefficient (Wildman–Crippen LogP) is 0.878. The van der Waals surface area contributed by atoms with Gasteiger partial charge in [-0.05, 0) is 31.5 Å². The van der Waals surface area contributed by atoms with Crippen molar-refractivity contribution in [1.82, 2.24) is 15.6 Å². The fourth-order valence-electron chi connectivity index (χ4n) is 2.08. The lowest BCUT2D eigenvalue weighted by atomic mass is 9.94. The summed E-state index contributed by atoms with van der Waals surface area (Å²) >= 11 is 1.74. The molecule has 1 aliphatic heterocycles. The Morgan fingerprint density at radius 1 is 1.50 bits per heavy atom. The molecule has 1 atom stereocenters. The Morgan fingerprint density at radius 2 is 2.44 bits per heavy atom. The minimum Gasteiger partial charge on any atom is -0.387 e. The minimum atomic E-state index is -0.562. The van der Waals surface area contributed by atoms with Crippen LogP contribution in [0.2, 0.25) is 0 Å². The van der Waals surface area contributed by atoms with E-state index in [0.717, 1.165) is 36.7 Å². The molecule has 0 unspecified atom stereocenters. The van der Waals surface area contributed by atoms with Gasteiger partial charge in [0, 0.05) is 31.6 Å². The highest BCUT2D eigenvalue weighted by Crippen LogP contribution is 2.15. The van der Waals surface area contributed by atoms with Gasteiger partial charge in [0.15, 0.2) is 0 Å². The molecule has 3 N–H and O–H groups in total. The number of nitrogens with zero attached hydrogens (tertiary/aromatic N) is 1. The molecule has 2 heterocycles. The molecule has 0 amide bonds. The van der Waals surface area contributed by atoms with Crippen molar-refractivity contribution >= 4 is 11.8 Å². The molecule has 0 saturated carbocycles. The quantitative estimate of drug-likeness (QED) is 0.528. The largest absolute Gasteiger partial charge is 0.387 e. The third-order valence-electron chi connectivity index (χ3n) is 3.07. The Kier molecular flexibility index (Phi) is 5.44. The van der Waals surface area contributed by atoms with Crippen LogP contribution in [0, 0.1) is 0 Å². The number of hydrogen-bond acceptors (Lipinski definition) is 5. The van der Waals surface area contributed by atoms with E-state index in [-0.39, 0.29) is 0 Å². The Morgan fingerprint density at radius 3 is 3.17 bits per heavy atom. The van der Waals surface area contributed by atoms with Crippen molar-refractivity contribution in [2.45, 2.75) is 23.5 Å². The fourth-order valence-corrected chi connectivity index (χ4v) is 2.85. The molecule has 5 heteroatoms. The normalized spacial score (nSPS) is 24.1. The topological polar surface area (TPSA) is 57.2 Å². The highest BCUT2D eigenvalue weighted by atomic mass is 32.2. The van der Waals surface area contributed by atoms with Gasteiger partial charge in [-0.3, -0.25) is 0 Å². The average molecular weight is 267 g/mol. The lowest BCUT2D eigenvalue weighted by molar-refractivity contribution is 0.0177. The number of nitrogens with one attached hydrogen (secondary N) is 2. The SMILES string of the molecule is O[C@@]1(CNCCSc2ccccn2)CCCNC1. The van der Waals surface area contributed by atoms with Crippen LogP contribution in [0.1, 0.15) is 12.8 Å². The van der Waals surface area contributed by atoms with Crippen LogP contribution in [0.25, 0.3) is 0 Å². The van der Waals surface area contributed by atoms with E-state index < -0.39 is 5.60 Å². The van der Waals surface area contributed by atoms with Gasteiger partial charge in [-0.2, -0.15) is 0 Å². The number of pyridine rings is 1. The first kappa shape index (κ1) is 13.8. The van der Waals surface area contributed by atoms with Gasteiger partial charge in [-0.25, -0.2) is 4.98 Å². The molecule has 1 saturated heterocycles. The molecule has 1 fully saturated rings. The molecule has 0 radical (unpaired) electrons. The zero-order valence-corrected chi connectivity index (χ0v) is 11.4. The fraction of sp³-hybridized carbons (Fsp3) is 0.615. The van der Waals surface area contributed by atoms with E-state index in [1.165, 1.54) is 0 Å². The Balaban J connectivity index is 1.58. The van der Waals surface area contributed by atoms with Crippen molar-refractivity contribution in [1.29, 1.82) is 0 Å². The molecule has 1 aliphatic rings. The molecule has 18 heavy (non-hydrogen) atoms. The smallest absolute Gasteiger partial charge is 0.0960 e. The van der Waals surface area contributed by atoms with Gasteiger partial charge in [0.25, 0.3) is 0 Å². The number of rotatable bonds is 6. The molecule has 0 aliphatic carbocycles. The lowest BCUT2D eigenvalue weighted by Crippen LogP contribution is -2.52. The van der Waals surface area contributed by atoms with E-state index in [2.05, 4.69) is 15.6 Å². The van der Waals surface area contributed by atoms with E-state index in [1.807, 2.05) is 24.4 Å². The van der Waals surface area contributed by atoms with Crippen LogP contribution in [0.15, 0.2) is 29.4 Å². The van der Waals surface area contributed by atoms with Crippen LogP contribution in [-0.2, 0) is 0 Å². The molecule has 0 aromatic carbocycles. The van der Waals surface area contributed by atoms with Gasteiger partial charge in [0.2, 0.25) is 0 Å². The summed E-state index contributed by atoms with van der Waals surface area (Å²) in [6.45, 7) is 3.29. The molecule has 1 aromatic rings. The third-order valence-corrected chi connectivity index (χ3v) is 4.02. The maximum absolute atomic E-state index is 10.2. The van der Waals surface area contributed by atoms with Gasteiger partial charge in [0.05, 0.1) is 10.6 Å². The molecule has 1 aromatic heterocycles. The Bertz CT molecular complexity index is 341. The van der Waals surface area contributed by atoms with Gasteiger partial charge < -0.3 is 15.7 Å². The summed E-state index contributed by atoms with van der Waals surface area (Å²) in [6.07, 6.45) is 3.76. The van der Waals surface area contributed by atoms with Crippen LogP contribution >= 0.6 is 11.8 Å². The van der Waals surface area contributed by atoms with Crippen LogP contribution in [0.5, 0.6) is 0 Å². The van der Waals surface area contributed by atoms with Crippen LogP contribution < -0.4 is 10.6 Å². The maximum Gasteiger partial charge on any atom is 0.0960 e. The molecule has 0 bridgehead atoms. The summed E-state index contributed by atoms with van der Waals surface area (Å²) in [4.78, 5) is 4.26. The summed E-state index contributed by atoms with van der Waals surface area (Å²) in [6, 6.07) is 5.94. The third kappa shape index (κ3) is 4.57. The van der Waals surface area contributed by atoms with Gasteiger partial charge in [-0.15, -0.1) is 11.8 Å². The molecule has 4 nitrogen and oxygen atoms in total. The molecule has 2 rings (SSSR count). The highest BCUT2D eigenvalue weighted by Gasteiger charge is 2.28. The Labute approximate surface area is 113 Å². The first-order valence-electron chi connectivity index (χ1n) is 6.46. The predicted molar refractivity (Wildman–Crippen MR) is 74.9 cm³/mol. The molecular weight excluding hydrogens is 246 g/mol. The number of piperidine rings is 1. The van der Waals surface area contributed by atoms with E-state index in [1.54, 1.807) is 11.8 Å². The second kappa shape index (κ2) is 7.09. The standard InChI is InChI=1S/C13H21N3OS/c17-13(5-3-6-14-10-13)11-15-8-9-18-12-4-1-2-7-16-12/h1-2,4,7,14-15,17H,3,5-6,8-11H2/t13-/m0/s1. The molecule has 100 valence electrons. The van der Waals surface area contributed by atoms with E-state index in [4.69, 9.17) is 0 Å². The summed E-state index contributed by atoms with van der Waals surface area (Å²) in [5, 5.41) is 17.9.